The summed E-state index contributed by atoms with van der Waals surface area (Å²) in [6.07, 6.45) is 0.367. The molecular formula is C20H16N2O4S2. The van der Waals surface area contributed by atoms with Crippen molar-refractivity contribution in [1.29, 1.82) is 0 Å². The van der Waals surface area contributed by atoms with Gasteiger partial charge in [-0.3, -0.25) is 0 Å². The van der Waals surface area contributed by atoms with E-state index in [0.29, 0.717) is 23.3 Å². The number of esters is 1. The van der Waals surface area contributed by atoms with Crippen molar-refractivity contribution in [2.75, 3.05) is 7.11 Å². The van der Waals surface area contributed by atoms with Gasteiger partial charge >= 0.3 is 5.97 Å². The average Bonchev–Trinajstić information content (AvgIpc) is 3.35. The Morgan fingerprint density at radius 2 is 1.82 bits per heavy atom. The van der Waals surface area contributed by atoms with Gasteiger partial charge in [0.05, 0.1) is 23.7 Å². The number of aromatic nitrogens is 2. The lowest BCUT2D eigenvalue weighted by Gasteiger charge is -2.13. The topological polar surface area (TPSA) is 78.3 Å². The number of imidazole rings is 1. The molecule has 0 spiro atoms. The van der Waals surface area contributed by atoms with Gasteiger partial charge in [0.25, 0.3) is 10.0 Å². The lowest BCUT2D eigenvalue weighted by molar-refractivity contribution is 0.0596. The molecule has 0 bridgehead atoms. The number of rotatable bonds is 5. The molecule has 28 heavy (non-hydrogen) atoms. The number of hydrogen-bond acceptors (Lipinski definition) is 6. The normalized spacial score (nSPS) is 11.6. The molecule has 0 amide bonds. The van der Waals surface area contributed by atoms with Crippen molar-refractivity contribution in [3.8, 4) is 0 Å². The first-order valence-electron chi connectivity index (χ1n) is 8.44. The van der Waals surface area contributed by atoms with E-state index >= 15 is 0 Å². The number of fused-ring (bicyclic) bond motifs is 1. The van der Waals surface area contributed by atoms with Crippen LogP contribution in [0, 0.1) is 0 Å². The summed E-state index contributed by atoms with van der Waals surface area (Å²) in [5.41, 5.74) is 1.03. The molecular weight excluding hydrogens is 396 g/mol. The summed E-state index contributed by atoms with van der Waals surface area (Å²) >= 11 is 1.53. The van der Waals surface area contributed by atoms with Gasteiger partial charge in [-0.1, -0.05) is 30.3 Å². The fraction of sp³-hybridized carbons (Fsp3) is 0.100. The summed E-state index contributed by atoms with van der Waals surface area (Å²) in [5, 5.41) is 1.93. The first-order chi connectivity index (χ1) is 13.5. The Morgan fingerprint density at radius 1 is 1.07 bits per heavy atom. The van der Waals surface area contributed by atoms with E-state index in [1.54, 1.807) is 30.3 Å². The molecule has 2 aromatic carbocycles. The minimum Gasteiger partial charge on any atom is -0.465 e. The largest absolute Gasteiger partial charge is 0.465 e. The van der Waals surface area contributed by atoms with E-state index in [1.165, 1.54) is 34.6 Å². The van der Waals surface area contributed by atoms with Crippen LogP contribution in [-0.2, 0) is 21.2 Å². The van der Waals surface area contributed by atoms with E-state index in [-0.39, 0.29) is 10.5 Å². The molecule has 0 aliphatic carbocycles. The number of carbonyl (C=O) groups excluding carboxylic acids is 1. The SMILES string of the molecule is COC(=O)c1ccccc1S(=O)(=O)n1c(Cc2cccs2)nc2ccccc21. The molecule has 0 N–H and O–H groups in total. The van der Waals surface area contributed by atoms with Gasteiger partial charge in [-0.15, -0.1) is 11.3 Å². The quantitative estimate of drug-likeness (QED) is 0.467. The molecule has 2 heterocycles. The van der Waals surface area contributed by atoms with E-state index in [0.717, 1.165) is 4.88 Å². The monoisotopic (exact) mass is 412 g/mol. The summed E-state index contributed by atoms with van der Waals surface area (Å²) in [7, 11) is -2.86. The maximum absolute atomic E-state index is 13.6. The number of ether oxygens (including phenoxy) is 1. The zero-order valence-electron chi connectivity index (χ0n) is 14.9. The lowest BCUT2D eigenvalue weighted by Crippen LogP contribution is -2.19. The first kappa shape index (κ1) is 18.4. The zero-order chi connectivity index (χ0) is 19.7. The number of thiophene rings is 1. The molecule has 142 valence electrons. The van der Waals surface area contributed by atoms with Crippen LogP contribution in [0.1, 0.15) is 21.1 Å². The highest BCUT2D eigenvalue weighted by Crippen LogP contribution is 2.27. The highest BCUT2D eigenvalue weighted by molar-refractivity contribution is 7.90. The molecule has 0 atom stereocenters. The van der Waals surface area contributed by atoms with Gasteiger partial charge in [-0.05, 0) is 35.7 Å². The number of para-hydroxylation sites is 2. The minimum atomic E-state index is -4.08. The second-order valence-corrected chi connectivity index (χ2v) is 8.82. The van der Waals surface area contributed by atoms with Crippen LogP contribution in [0.15, 0.2) is 70.9 Å². The first-order valence-corrected chi connectivity index (χ1v) is 10.8. The Bertz CT molecular complexity index is 1260. The Balaban J connectivity index is 1.97. The van der Waals surface area contributed by atoms with Crippen LogP contribution in [0.5, 0.6) is 0 Å². The molecule has 0 saturated heterocycles. The smallest absolute Gasteiger partial charge is 0.339 e. The van der Waals surface area contributed by atoms with Crippen LogP contribution in [0.4, 0.5) is 0 Å². The van der Waals surface area contributed by atoms with Gasteiger partial charge in [0.1, 0.15) is 10.7 Å². The van der Waals surface area contributed by atoms with Crippen LogP contribution in [0.3, 0.4) is 0 Å². The predicted molar refractivity (Wildman–Crippen MR) is 107 cm³/mol. The van der Waals surface area contributed by atoms with Crippen LogP contribution < -0.4 is 0 Å². The molecule has 0 aliphatic rings. The Kier molecular flexibility index (Phi) is 4.74. The molecule has 0 unspecified atom stereocenters. The van der Waals surface area contributed by atoms with Gasteiger partial charge in [-0.2, -0.15) is 0 Å². The molecule has 8 heteroatoms. The average molecular weight is 412 g/mol. The highest BCUT2D eigenvalue weighted by atomic mass is 32.2. The van der Waals surface area contributed by atoms with Crippen LogP contribution in [0.2, 0.25) is 0 Å². The third-order valence-corrected chi connectivity index (χ3v) is 6.98. The summed E-state index contributed by atoms with van der Waals surface area (Å²) in [6, 6.07) is 16.9. The van der Waals surface area contributed by atoms with E-state index in [9.17, 15) is 13.2 Å². The minimum absolute atomic E-state index is 0.00939. The number of hydrogen-bond donors (Lipinski definition) is 0. The maximum Gasteiger partial charge on any atom is 0.339 e. The molecule has 4 aromatic rings. The van der Waals surface area contributed by atoms with Gasteiger partial charge in [-0.25, -0.2) is 22.2 Å². The standard InChI is InChI=1S/C20H16N2O4S2/c1-26-20(23)15-8-2-5-11-18(15)28(24,25)22-17-10-4-3-9-16(17)21-19(22)13-14-7-6-12-27-14/h2-12H,13H2,1H3. The number of carbonyl (C=O) groups is 1. The highest BCUT2D eigenvalue weighted by Gasteiger charge is 2.28. The second-order valence-electron chi connectivity index (χ2n) is 6.03. The van der Waals surface area contributed by atoms with E-state index in [2.05, 4.69) is 4.98 Å². The summed E-state index contributed by atoms with van der Waals surface area (Å²) in [4.78, 5) is 17.6. The second kappa shape index (κ2) is 7.21. The van der Waals surface area contributed by atoms with Crippen molar-refractivity contribution in [3.05, 3.63) is 82.3 Å². The summed E-state index contributed by atoms with van der Waals surface area (Å²) in [6.45, 7) is 0. The van der Waals surface area contributed by atoms with Crippen LogP contribution in [0.25, 0.3) is 11.0 Å². The summed E-state index contributed by atoms with van der Waals surface area (Å²) in [5.74, 6) is -0.313. The third-order valence-electron chi connectivity index (χ3n) is 4.31. The van der Waals surface area contributed by atoms with Crippen molar-refractivity contribution in [1.82, 2.24) is 8.96 Å². The Labute approximate surface area is 166 Å². The fourth-order valence-corrected chi connectivity index (χ4v) is 5.45. The number of benzene rings is 2. The van der Waals surface area contributed by atoms with Gasteiger partial charge in [0, 0.05) is 11.3 Å². The number of nitrogens with zero attached hydrogens (tertiary/aromatic N) is 2. The predicted octanol–water partition coefficient (Wildman–Crippen LogP) is 3.71. The fourth-order valence-electron chi connectivity index (χ4n) is 3.07. The zero-order valence-corrected chi connectivity index (χ0v) is 16.5. The molecule has 0 radical (unpaired) electrons. The van der Waals surface area contributed by atoms with Gasteiger partial charge in [0.2, 0.25) is 0 Å². The van der Waals surface area contributed by atoms with Crippen molar-refractivity contribution < 1.29 is 17.9 Å². The third kappa shape index (κ3) is 3.10. The van der Waals surface area contributed by atoms with E-state index in [1.807, 2.05) is 23.6 Å². The maximum atomic E-state index is 13.6. The van der Waals surface area contributed by atoms with E-state index in [4.69, 9.17) is 4.74 Å². The molecule has 0 saturated carbocycles. The molecule has 6 nitrogen and oxygen atoms in total. The number of methoxy groups -OCH3 is 1. The molecule has 2 aromatic heterocycles. The molecule has 4 rings (SSSR count). The molecule has 0 aliphatic heterocycles. The van der Waals surface area contributed by atoms with Crippen molar-refractivity contribution in [2.24, 2.45) is 0 Å². The Morgan fingerprint density at radius 3 is 2.57 bits per heavy atom. The summed E-state index contributed by atoms with van der Waals surface area (Å²) < 4.78 is 33.2. The Hall–Kier alpha value is -2.97. The lowest BCUT2D eigenvalue weighted by atomic mass is 10.2. The van der Waals surface area contributed by atoms with Crippen LogP contribution >= 0.6 is 11.3 Å². The van der Waals surface area contributed by atoms with Crippen molar-refractivity contribution >= 4 is 38.4 Å². The van der Waals surface area contributed by atoms with Crippen molar-refractivity contribution in [3.63, 3.8) is 0 Å². The van der Waals surface area contributed by atoms with Gasteiger partial charge < -0.3 is 4.74 Å². The van der Waals surface area contributed by atoms with Gasteiger partial charge in [0.15, 0.2) is 0 Å². The van der Waals surface area contributed by atoms with Crippen molar-refractivity contribution in [2.45, 2.75) is 11.3 Å². The van der Waals surface area contributed by atoms with E-state index < -0.39 is 16.0 Å². The molecule has 0 fully saturated rings. The van der Waals surface area contributed by atoms with Crippen LogP contribution in [-0.4, -0.2) is 30.5 Å².